The van der Waals surface area contributed by atoms with Gasteiger partial charge in [0.1, 0.15) is 11.6 Å². The van der Waals surface area contributed by atoms with Gasteiger partial charge < -0.3 is 19.9 Å². The van der Waals surface area contributed by atoms with Crippen molar-refractivity contribution >= 4 is 35.6 Å². The summed E-state index contributed by atoms with van der Waals surface area (Å²) in [5.41, 5.74) is 4.14. The molecule has 0 radical (unpaired) electrons. The maximum absolute atomic E-state index is 13.3. The quantitative estimate of drug-likeness (QED) is 0.709. The number of ether oxygens (including phenoxy) is 1. The minimum atomic E-state index is -0.498. The Morgan fingerprint density at radius 2 is 2.10 bits per heavy atom. The number of aromatic nitrogens is 1. The highest BCUT2D eigenvalue weighted by molar-refractivity contribution is 6.31. The number of H-pyrrole nitrogens is 1. The number of fused-ring (bicyclic) bond motifs is 1. The number of halogens is 1. The molecule has 3 aliphatic rings. The van der Waals surface area contributed by atoms with E-state index in [0.29, 0.717) is 22.7 Å². The molecule has 1 unspecified atom stereocenters. The van der Waals surface area contributed by atoms with Gasteiger partial charge >= 0.3 is 0 Å². The number of rotatable bonds is 4. The van der Waals surface area contributed by atoms with E-state index in [4.69, 9.17) is 16.3 Å². The van der Waals surface area contributed by atoms with Crippen molar-refractivity contribution in [2.75, 3.05) is 26.2 Å². The monoisotopic (exact) mass is 438 g/mol. The average Bonchev–Trinajstić information content (AvgIpc) is 3.39. The second-order valence-electron chi connectivity index (χ2n) is 8.78. The van der Waals surface area contributed by atoms with Crippen molar-refractivity contribution in [3.8, 4) is 5.75 Å². The van der Waals surface area contributed by atoms with E-state index in [2.05, 4.69) is 22.0 Å². The largest absolute Gasteiger partial charge is 0.479 e. The molecule has 7 heteroatoms. The van der Waals surface area contributed by atoms with Gasteiger partial charge in [-0.1, -0.05) is 17.7 Å². The summed E-state index contributed by atoms with van der Waals surface area (Å²) in [5.74, 6) is 1.52. The third kappa shape index (κ3) is 3.48. The molecule has 2 fully saturated rings. The fraction of sp³-hybridized carbons (Fsp3) is 0.417. The van der Waals surface area contributed by atoms with E-state index in [0.717, 1.165) is 67.0 Å². The first-order valence-electron chi connectivity index (χ1n) is 10.8. The highest BCUT2D eigenvalue weighted by atomic mass is 35.5. The molecule has 31 heavy (non-hydrogen) atoms. The standard InChI is InChI=1S/C24H27ClN4O2/c1-3-17(18-4-7-28-22(18)26-2)19-12-16(25)10-15-11-20(31-21(15)19)23(30)29-8-5-24(6-9-29)13-27-14-24/h3-4,7,10,12,20,27-28H,2,5-6,8-9,11,13-14H2,1H3/b17-3+. The van der Waals surface area contributed by atoms with Crippen LogP contribution >= 0.6 is 11.6 Å². The molecule has 0 bridgehead atoms. The Labute approximate surface area is 187 Å². The summed E-state index contributed by atoms with van der Waals surface area (Å²) >= 11 is 6.47. The first-order valence-corrected chi connectivity index (χ1v) is 11.2. The lowest BCUT2D eigenvalue weighted by atomic mass is 9.73. The number of amides is 1. The molecule has 1 aromatic heterocycles. The van der Waals surface area contributed by atoms with Crippen molar-refractivity contribution in [1.29, 1.82) is 0 Å². The van der Waals surface area contributed by atoms with Crippen LogP contribution in [0, 0.1) is 5.41 Å². The molecule has 1 amide bonds. The fourth-order valence-electron chi connectivity index (χ4n) is 5.06. The number of aromatic amines is 1. The van der Waals surface area contributed by atoms with Gasteiger partial charge in [0.2, 0.25) is 0 Å². The van der Waals surface area contributed by atoms with E-state index in [1.54, 1.807) is 0 Å². The Morgan fingerprint density at radius 3 is 2.74 bits per heavy atom. The van der Waals surface area contributed by atoms with Crippen molar-refractivity contribution in [2.45, 2.75) is 32.3 Å². The fourth-order valence-corrected chi connectivity index (χ4v) is 5.31. The molecule has 2 aromatic rings. The highest BCUT2D eigenvalue weighted by Crippen LogP contribution is 2.43. The van der Waals surface area contributed by atoms with Gasteiger partial charge in [-0.2, -0.15) is 0 Å². The zero-order valence-electron chi connectivity index (χ0n) is 17.7. The van der Waals surface area contributed by atoms with Gasteiger partial charge in [-0.25, -0.2) is 4.99 Å². The predicted molar refractivity (Wildman–Crippen MR) is 123 cm³/mol. The maximum atomic E-state index is 13.3. The SMILES string of the molecule is C=Nc1[nH]ccc1/C(=C\C)c1cc(Cl)cc2c1OC(C(=O)N1CCC3(CC1)CNC3)C2. The number of hydrogen-bond acceptors (Lipinski definition) is 4. The molecule has 0 aliphatic carbocycles. The van der Waals surface area contributed by atoms with Gasteiger partial charge in [-0.3, -0.25) is 4.79 Å². The van der Waals surface area contributed by atoms with Gasteiger partial charge in [0.25, 0.3) is 5.91 Å². The molecule has 1 atom stereocenters. The maximum Gasteiger partial charge on any atom is 0.263 e. The molecule has 6 nitrogen and oxygen atoms in total. The second kappa shape index (κ2) is 7.84. The summed E-state index contributed by atoms with van der Waals surface area (Å²) in [6, 6.07) is 5.77. The van der Waals surface area contributed by atoms with Crippen molar-refractivity contribution < 1.29 is 9.53 Å². The van der Waals surface area contributed by atoms with Crippen molar-refractivity contribution in [3.63, 3.8) is 0 Å². The number of nitrogens with zero attached hydrogens (tertiary/aromatic N) is 2. The zero-order chi connectivity index (χ0) is 21.6. The lowest BCUT2D eigenvalue weighted by Gasteiger charge is -2.48. The summed E-state index contributed by atoms with van der Waals surface area (Å²) in [6.07, 6.45) is 6.02. The molecule has 2 saturated heterocycles. The second-order valence-corrected chi connectivity index (χ2v) is 9.22. The predicted octanol–water partition coefficient (Wildman–Crippen LogP) is 3.97. The van der Waals surface area contributed by atoms with Gasteiger partial charge in [0.05, 0.1) is 0 Å². The number of carbonyl (C=O) groups excluding carboxylic acids is 1. The summed E-state index contributed by atoms with van der Waals surface area (Å²) in [4.78, 5) is 22.4. The van der Waals surface area contributed by atoms with Gasteiger partial charge in [-0.05, 0) is 55.7 Å². The van der Waals surface area contributed by atoms with Crippen LogP contribution in [-0.2, 0) is 11.2 Å². The lowest BCUT2D eigenvalue weighted by Crippen LogP contribution is -2.59. The summed E-state index contributed by atoms with van der Waals surface area (Å²) in [5, 5.41) is 4.00. The minimum absolute atomic E-state index is 0.0810. The van der Waals surface area contributed by atoms with E-state index < -0.39 is 6.10 Å². The number of allylic oxidation sites excluding steroid dienone is 1. The third-order valence-corrected chi connectivity index (χ3v) is 7.18. The average molecular weight is 439 g/mol. The zero-order valence-corrected chi connectivity index (χ0v) is 18.5. The normalized spacial score (nSPS) is 22.1. The molecule has 162 valence electrons. The summed E-state index contributed by atoms with van der Waals surface area (Å²) in [6.45, 7) is 9.40. The molecule has 5 rings (SSSR count). The Morgan fingerprint density at radius 1 is 1.32 bits per heavy atom. The molecule has 2 N–H and O–H groups in total. The molecular formula is C24H27ClN4O2. The number of carbonyl (C=O) groups is 1. The van der Waals surface area contributed by atoms with E-state index in [9.17, 15) is 4.79 Å². The van der Waals surface area contributed by atoms with E-state index in [1.807, 2.05) is 42.3 Å². The van der Waals surface area contributed by atoms with Gasteiger partial charge in [0, 0.05) is 60.5 Å². The van der Waals surface area contributed by atoms with Gasteiger partial charge in [-0.15, -0.1) is 0 Å². The summed E-state index contributed by atoms with van der Waals surface area (Å²) < 4.78 is 6.30. The van der Waals surface area contributed by atoms with Crippen LogP contribution in [0.2, 0.25) is 5.02 Å². The van der Waals surface area contributed by atoms with Crippen molar-refractivity contribution in [3.05, 3.63) is 52.2 Å². The number of nitrogens with one attached hydrogen (secondary N) is 2. The number of piperidine rings is 1. The number of hydrogen-bond donors (Lipinski definition) is 2. The first-order chi connectivity index (χ1) is 15.0. The van der Waals surface area contributed by atoms with Crippen LogP contribution in [0.25, 0.3) is 5.57 Å². The first kappa shape index (κ1) is 20.3. The van der Waals surface area contributed by atoms with Crippen molar-refractivity contribution in [1.82, 2.24) is 15.2 Å². The Kier molecular flexibility index (Phi) is 5.15. The van der Waals surface area contributed by atoms with Crippen molar-refractivity contribution in [2.24, 2.45) is 10.4 Å². The van der Waals surface area contributed by atoms with Crippen LogP contribution in [0.4, 0.5) is 5.82 Å². The van der Waals surface area contributed by atoms with E-state index in [-0.39, 0.29) is 5.91 Å². The molecule has 4 heterocycles. The van der Waals surface area contributed by atoms with E-state index >= 15 is 0 Å². The smallest absolute Gasteiger partial charge is 0.263 e. The molecule has 0 saturated carbocycles. The lowest BCUT2D eigenvalue weighted by molar-refractivity contribution is -0.140. The number of aliphatic imine (C=N–C) groups is 1. The van der Waals surface area contributed by atoms with Gasteiger partial charge in [0.15, 0.2) is 6.10 Å². The Balaban J connectivity index is 1.39. The Hall–Kier alpha value is -2.57. The van der Waals surface area contributed by atoms with E-state index in [1.165, 1.54) is 0 Å². The van der Waals surface area contributed by atoms with Crippen LogP contribution in [-0.4, -0.2) is 54.8 Å². The topological polar surface area (TPSA) is 69.7 Å². The molecule has 3 aliphatic heterocycles. The number of likely N-dealkylation sites (tertiary alicyclic amines) is 1. The molecule has 1 spiro atoms. The molecular weight excluding hydrogens is 412 g/mol. The van der Waals surface area contributed by atoms with Crippen LogP contribution in [0.3, 0.4) is 0 Å². The highest BCUT2D eigenvalue weighted by Gasteiger charge is 2.42. The molecule has 1 aromatic carbocycles. The van der Waals surface area contributed by atoms with Crippen LogP contribution in [0.1, 0.15) is 36.5 Å². The Bertz CT molecular complexity index is 1060. The van der Waals surface area contributed by atoms with Crippen LogP contribution < -0.4 is 10.1 Å². The minimum Gasteiger partial charge on any atom is -0.479 e. The van der Waals surface area contributed by atoms with Crippen LogP contribution in [0.15, 0.2) is 35.5 Å². The van der Waals surface area contributed by atoms with Crippen LogP contribution in [0.5, 0.6) is 5.75 Å². The third-order valence-electron chi connectivity index (χ3n) is 6.96. The summed E-state index contributed by atoms with van der Waals surface area (Å²) in [7, 11) is 0. The number of benzene rings is 1.